The Bertz CT molecular complexity index is 1190. The lowest BCUT2D eigenvalue weighted by Crippen LogP contribution is -2.43. The van der Waals surface area contributed by atoms with Gasteiger partial charge in [0.1, 0.15) is 11.6 Å². The third kappa shape index (κ3) is 5.98. The maximum absolute atomic E-state index is 13.6. The SMILES string of the molecule is COc1ccccc1N(CCN1CCC(C(=O)c2ccc(F)cc2)CC1)C(=O)c1cccc(CO)c1. The highest BCUT2D eigenvalue weighted by atomic mass is 19.1. The molecular weight excluding hydrogens is 459 g/mol. The van der Waals surface area contributed by atoms with E-state index in [1.807, 2.05) is 24.3 Å². The maximum atomic E-state index is 13.6. The first-order valence-electron chi connectivity index (χ1n) is 12.2. The number of carbonyl (C=O) groups excluding carboxylic acids is 2. The minimum Gasteiger partial charge on any atom is -0.495 e. The van der Waals surface area contributed by atoms with Gasteiger partial charge in [0.15, 0.2) is 5.78 Å². The minimum absolute atomic E-state index is 0.0595. The van der Waals surface area contributed by atoms with E-state index in [4.69, 9.17) is 4.74 Å². The summed E-state index contributed by atoms with van der Waals surface area (Å²) in [5.41, 5.74) is 2.40. The summed E-state index contributed by atoms with van der Waals surface area (Å²) in [4.78, 5) is 30.4. The molecule has 0 bridgehead atoms. The number of ether oxygens (including phenoxy) is 1. The molecule has 0 atom stereocenters. The molecule has 1 heterocycles. The van der Waals surface area contributed by atoms with Crippen LogP contribution in [0.1, 0.15) is 39.1 Å². The van der Waals surface area contributed by atoms with Crippen molar-refractivity contribution in [3.8, 4) is 5.75 Å². The first-order chi connectivity index (χ1) is 17.5. The fourth-order valence-corrected chi connectivity index (χ4v) is 4.65. The molecule has 0 aromatic heterocycles. The van der Waals surface area contributed by atoms with Crippen LogP contribution < -0.4 is 9.64 Å². The molecule has 0 saturated carbocycles. The van der Waals surface area contributed by atoms with Gasteiger partial charge in [0, 0.05) is 30.1 Å². The van der Waals surface area contributed by atoms with Crippen molar-refractivity contribution in [3.63, 3.8) is 0 Å². The smallest absolute Gasteiger partial charge is 0.258 e. The summed E-state index contributed by atoms with van der Waals surface area (Å²) >= 11 is 0. The predicted molar refractivity (Wildman–Crippen MR) is 137 cm³/mol. The van der Waals surface area contributed by atoms with Crippen LogP contribution >= 0.6 is 0 Å². The summed E-state index contributed by atoms with van der Waals surface area (Å²) in [6.07, 6.45) is 1.44. The minimum atomic E-state index is -0.349. The molecule has 7 heteroatoms. The molecule has 1 N–H and O–H groups in total. The average molecular weight is 491 g/mol. The van der Waals surface area contributed by atoms with Crippen LogP contribution in [0.5, 0.6) is 5.75 Å². The van der Waals surface area contributed by atoms with Gasteiger partial charge in [0.05, 0.1) is 19.4 Å². The van der Waals surface area contributed by atoms with E-state index in [0.717, 1.165) is 25.9 Å². The Morgan fingerprint density at radius 1 is 1.00 bits per heavy atom. The number of halogens is 1. The van der Waals surface area contributed by atoms with Crippen molar-refractivity contribution in [1.29, 1.82) is 0 Å². The van der Waals surface area contributed by atoms with Gasteiger partial charge in [-0.2, -0.15) is 0 Å². The zero-order chi connectivity index (χ0) is 25.5. The number of nitrogens with zero attached hydrogens (tertiary/aromatic N) is 2. The molecule has 1 aliphatic rings. The number of aliphatic hydroxyl groups excluding tert-OH is 1. The van der Waals surface area contributed by atoms with Crippen LogP contribution in [0, 0.1) is 11.7 Å². The second-order valence-corrected chi connectivity index (χ2v) is 8.97. The Hall–Kier alpha value is -3.55. The van der Waals surface area contributed by atoms with Gasteiger partial charge in [-0.05, 0) is 80.0 Å². The summed E-state index contributed by atoms with van der Waals surface area (Å²) in [7, 11) is 1.58. The Kier molecular flexibility index (Phi) is 8.46. The topological polar surface area (TPSA) is 70.1 Å². The quantitative estimate of drug-likeness (QED) is 0.445. The second-order valence-electron chi connectivity index (χ2n) is 8.97. The van der Waals surface area contributed by atoms with Gasteiger partial charge < -0.3 is 19.6 Å². The van der Waals surface area contributed by atoms with Crippen LogP contribution in [0.4, 0.5) is 10.1 Å². The number of Topliss-reactive ketones (excluding diaryl/α,β-unsaturated/α-hetero) is 1. The number of para-hydroxylation sites is 2. The van der Waals surface area contributed by atoms with Crippen molar-refractivity contribution in [2.24, 2.45) is 5.92 Å². The van der Waals surface area contributed by atoms with E-state index < -0.39 is 0 Å². The molecule has 0 unspecified atom stereocenters. The first kappa shape index (κ1) is 25.5. The van der Waals surface area contributed by atoms with Gasteiger partial charge in [0.2, 0.25) is 0 Å². The van der Waals surface area contributed by atoms with Crippen molar-refractivity contribution >= 4 is 17.4 Å². The zero-order valence-corrected chi connectivity index (χ0v) is 20.4. The lowest BCUT2D eigenvalue weighted by molar-refractivity contribution is 0.0841. The van der Waals surface area contributed by atoms with Gasteiger partial charge >= 0.3 is 0 Å². The number of amides is 1. The first-order valence-corrected chi connectivity index (χ1v) is 12.2. The molecular formula is C29H31FN2O4. The van der Waals surface area contributed by atoms with Crippen molar-refractivity contribution in [1.82, 2.24) is 4.90 Å². The fourth-order valence-electron chi connectivity index (χ4n) is 4.65. The Morgan fingerprint density at radius 3 is 2.42 bits per heavy atom. The number of benzene rings is 3. The molecule has 0 aliphatic carbocycles. The highest BCUT2D eigenvalue weighted by Crippen LogP contribution is 2.29. The number of methoxy groups -OCH3 is 1. The lowest BCUT2D eigenvalue weighted by atomic mass is 9.89. The highest BCUT2D eigenvalue weighted by Gasteiger charge is 2.27. The van der Waals surface area contributed by atoms with Crippen molar-refractivity contribution in [2.75, 3.05) is 38.2 Å². The van der Waals surface area contributed by atoms with Crippen LogP contribution in [0.15, 0.2) is 72.8 Å². The number of rotatable bonds is 9. The number of likely N-dealkylation sites (tertiary alicyclic amines) is 1. The van der Waals surface area contributed by atoms with Crippen LogP contribution in [-0.4, -0.2) is 55.0 Å². The van der Waals surface area contributed by atoms with Gasteiger partial charge in [-0.15, -0.1) is 0 Å². The molecule has 0 spiro atoms. The van der Waals surface area contributed by atoms with Crippen LogP contribution in [-0.2, 0) is 6.61 Å². The summed E-state index contributed by atoms with van der Waals surface area (Å²) in [6, 6.07) is 20.2. The monoisotopic (exact) mass is 490 g/mol. The van der Waals surface area contributed by atoms with Gasteiger partial charge in [-0.1, -0.05) is 24.3 Å². The largest absolute Gasteiger partial charge is 0.495 e. The Labute approximate surface area is 210 Å². The van der Waals surface area contributed by atoms with E-state index in [2.05, 4.69) is 4.90 Å². The summed E-state index contributed by atoms with van der Waals surface area (Å²) in [5.74, 6) is 0.0617. The molecule has 3 aromatic carbocycles. The van der Waals surface area contributed by atoms with E-state index in [1.165, 1.54) is 12.1 Å². The normalized spacial score (nSPS) is 14.4. The molecule has 1 saturated heterocycles. The third-order valence-electron chi connectivity index (χ3n) is 6.70. The van der Waals surface area contributed by atoms with Crippen LogP contribution in [0.25, 0.3) is 0 Å². The number of hydrogen-bond acceptors (Lipinski definition) is 5. The number of anilines is 1. The molecule has 36 heavy (non-hydrogen) atoms. The van der Waals surface area contributed by atoms with Gasteiger partial charge in [-0.25, -0.2) is 4.39 Å². The number of carbonyl (C=O) groups is 2. The Morgan fingerprint density at radius 2 is 1.72 bits per heavy atom. The molecule has 1 aliphatic heterocycles. The number of hydrogen-bond donors (Lipinski definition) is 1. The van der Waals surface area contributed by atoms with E-state index in [1.54, 1.807) is 48.4 Å². The van der Waals surface area contributed by atoms with Crippen molar-refractivity contribution in [3.05, 3.63) is 95.3 Å². The molecule has 4 rings (SSSR count). The zero-order valence-electron chi connectivity index (χ0n) is 20.4. The Balaban J connectivity index is 1.44. The van der Waals surface area contributed by atoms with E-state index in [9.17, 15) is 19.1 Å². The third-order valence-corrected chi connectivity index (χ3v) is 6.70. The molecule has 188 valence electrons. The van der Waals surface area contributed by atoms with Crippen LogP contribution in [0.3, 0.4) is 0 Å². The van der Waals surface area contributed by atoms with Crippen molar-refractivity contribution < 1.29 is 23.8 Å². The van der Waals surface area contributed by atoms with Crippen LogP contribution in [0.2, 0.25) is 0 Å². The maximum Gasteiger partial charge on any atom is 0.258 e. The predicted octanol–water partition coefficient (Wildman–Crippen LogP) is 4.57. The lowest BCUT2D eigenvalue weighted by Gasteiger charge is -2.33. The summed E-state index contributed by atoms with van der Waals surface area (Å²) in [5, 5.41) is 9.51. The van der Waals surface area contributed by atoms with E-state index in [0.29, 0.717) is 41.2 Å². The fraction of sp³-hybridized carbons (Fsp3) is 0.310. The molecule has 0 radical (unpaired) electrons. The second kappa shape index (κ2) is 11.9. The average Bonchev–Trinajstić information content (AvgIpc) is 2.93. The van der Waals surface area contributed by atoms with E-state index >= 15 is 0 Å². The van der Waals surface area contributed by atoms with E-state index in [-0.39, 0.29) is 30.0 Å². The molecule has 1 amide bonds. The standard InChI is InChI=1S/C29H31FN2O4/c1-36-27-8-3-2-7-26(27)32(29(35)24-6-4-5-21(19-24)20-33)18-17-31-15-13-23(14-16-31)28(34)22-9-11-25(30)12-10-22/h2-12,19,23,33H,13-18,20H2,1H3. The summed E-state index contributed by atoms with van der Waals surface area (Å²) in [6.45, 7) is 2.43. The molecule has 6 nitrogen and oxygen atoms in total. The van der Waals surface area contributed by atoms with Crippen molar-refractivity contribution in [2.45, 2.75) is 19.4 Å². The highest BCUT2D eigenvalue weighted by molar-refractivity contribution is 6.07. The van der Waals surface area contributed by atoms with Gasteiger partial charge in [-0.3, -0.25) is 9.59 Å². The molecule has 3 aromatic rings. The van der Waals surface area contributed by atoms with Gasteiger partial charge in [0.25, 0.3) is 5.91 Å². The number of piperidine rings is 1. The number of ketones is 1. The summed E-state index contributed by atoms with van der Waals surface area (Å²) < 4.78 is 18.7. The molecule has 1 fully saturated rings. The number of aliphatic hydroxyl groups is 1.